The quantitative estimate of drug-likeness (QED) is 0.849. The normalized spacial score (nSPS) is 12.6. The fraction of sp³-hybridized carbons (Fsp3) is 0.429. The lowest BCUT2D eigenvalue weighted by atomic mass is 10.0. The second-order valence-corrected chi connectivity index (χ2v) is 4.80. The van der Waals surface area contributed by atoms with Crippen LogP contribution < -0.4 is 10.6 Å². The van der Waals surface area contributed by atoms with Crippen LogP contribution >= 0.6 is 0 Å². The Bertz CT molecular complexity index is 457. The van der Waals surface area contributed by atoms with Crippen LogP contribution in [0.25, 0.3) is 0 Å². The van der Waals surface area contributed by atoms with Crippen molar-refractivity contribution in [2.24, 2.45) is 0 Å². The number of benzene rings is 1. The smallest absolute Gasteiger partial charge is 0.240 e. The predicted molar refractivity (Wildman–Crippen MR) is 70.9 cm³/mol. The van der Waals surface area contributed by atoms with E-state index in [0.717, 1.165) is 5.56 Å². The van der Waals surface area contributed by atoms with Crippen molar-refractivity contribution >= 4 is 5.91 Å². The van der Waals surface area contributed by atoms with Gasteiger partial charge in [-0.1, -0.05) is 12.1 Å². The zero-order chi connectivity index (χ0) is 13.8. The Hall–Kier alpha value is -1.86. The maximum Gasteiger partial charge on any atom is 0.240 e. The first-order valence-corrected chi connectivity index (χ1v) is 5.90. The van der Waals surface area contributed by atoms with Gasteiger partial charge in [0.1, 0.15) is 0 Å². The summed E-state index contributed by atoms with van der Waals surface area (Å²) in [6.07, 6.45) is 0. The summed E-state index contributed by atoms with van der Waals surface area (Å²) in [5.41, 5.74) is 1.00. The monoisotopic (exact) mass is 245 g/mol. The molecule has 18 heavy (non-hydrogen) atoms. The van der Waals surface area contributed by atoms with E-state index in [1.54, 1.807) is 19.2 Å². The summed E-state index contributed by atoms with van der Waals surface area (Å²) < 4.78 is 0. The van der Waals surface area contributed by atoms with Crippen LogP contribution in [0.2, 0.25) is 0 Å². The minimum atomic E-state index is -0.596. The largest absolute Gasteiger partial charge is 0.348 e. The van der Waals surface area contributed by atoms with E-state index in [4.69, 9.17) is 5.26 Å². The molecular weight excluding hydrogens is 226 g/mol. The lowest BCUT2D eigenvalue weighted by Crippen LogP contribution is -2.51. The molecule has 96 valence electrons. The van der Waals surface area contributed by atoms with Crippen LogP contribution in [0.3, 0.4) is 0 Å². The molecule has 0 spiro atoms. The predicted octanol–water partition coefficient (Wildman–Crippen LogP) is 1.73. The van der Waals surface area contributed by atoms with E-state index < -0.39 is 5.54 Å². The van der Waals surface area contributed by atoms with E-state index in [9.17, 15) is 4.79 Å². The van der Waals surface area contributed by atoms with Gasteiger partial charge in [0.15, 0.2) is 0 Å². The molecule has 0 aliphatic heterocycles. The molecule has 0 aliphatic carbocycles. The first-order valence-electron chi connectivity index (χ1n) is 5.90. The topological polar surface area (TPSA) is 64.9 Å². The van der Waals surface area contributed by atoms with Gasteiger partial charge in [-0.05, 0) is 45.5 Å². The lowest BCUT2D eigenvalue weighted by Gasteiger charge is -2.25. The van der Waals surface area contributed by atoms with Crippen molar-refractivity contribution in [1.82, 2.24) is 10.6 Å². The number of hydrogen-bond donors (Lipinski definition) is 2. The average molecular weight is 245 g/mol. The summed E-state index contributed by atoms with van der Waals surface area (Å²) in [5, 5.41) is 14.6. The van der Waals surface area contributed by atoms with Crippen molar-refractivity contribution in [1.29, 1.82) is 5.26 Å². The third kappa shape index (κ3) is 3.31. The summed E-state index contributed by atoms with van der Waals surface area (Å²) in [6, 6.07) is 9.20. The first-order chi connectivity index (χ1) is 8.40. The summed E-state index contributed by atoms with van der Waals surface area (Å²) >= 11 is 0. The van der Waals surface area contributed by atoms with Crippen molar-refractivity contribution in [2.75, 3.05) is 7.05 Å². The van der Waals surface area contributed by atoms with E-state index in [1.807, 2.05) is 32.9 Å². The zero-order valence-corrected chi connectivity index (χ0v) is 11.2. The molecule has 4 heteroatoms. The molecule has 0 bridgehead atoms. The highest BCUT2D eigenvalue weighted by Crippen LogP contribution is 2.14. The lowest BCUT2D eigenvalue weighted by molar-refractivity contribution is -0.126. The Morgan fingerprint density at radius 1 is 1.33 bits per heavy atom. The fourth-order valence-electron chi connectivity index (χ4n) is 1.42. The molecule has 2 N–H and O–H groups in total. The second kappa shape index (κ2) is 5.65. The highest BCUT2D eigenvalue weighted by atomic mass is 16.2. The second-order valence-electron chi connectivity index (χ2n) is 4.80. The molecule has 4 nitrogen and oxygen atoms in total. The number of nitrogens with one attached hydrogen (secondary N) is 2. The van der Waals surface area contributed by atoms with E-state index in [-0.39, 0.29) is 11.9 Å². The number of carbonyl (C=O) groups is 1. The van der Waals surface area contributed by atoms with Gasteiger partial charge < -0.3 is 10.6 Å². The third-order valence-corrected chi connectivity index (χ3v) is 3.08. The number of amides is 1. The number of carbonyl (C=O) groups excluding carboxylic acids is 1. The third-order valence-electron chi connectivity index (χ3n) is 3.08. The Kier molecular flexibility index (Phi) is 4.46. The molecule has 1 unspecified atom stereocenters. The number of rotatable bonds is 4. The molecule has 0 heterocycles. The van der Waals surface area contributed by atoms with Gasteiger partial charge in [0, 0.05) is 0 Å². The van der Waals surface area contributed by atoms with Gasteiger partial charge >= 0.3 is 0 Å². The minimum Gasteiger partial charge on any atom is -0.348 e. The van der Waals surface area contributed by atoms with Crippen LogP contribution in [0.15, 0.2) is 24.3 Å². The summed E-state index contributed by atoms with van der Waals surface area (Å²) in [4.78, 5) is 12.0. The molecular formula is C14H19N3O. The number of nitriles is 1. The molecule has 1 atom stereocenters. The fourth-order valence-corrected chi connectivity index (χ4v) is 1.42. The highest BCUT2D eigenvalue weighted by Gasteiger charge is 2.26. The maximum absolute atomic E-state index is 12.0. The summed E-state index contributed by atoms with van der Waals surface area (Å²) in [7, 11) is 1.76. The Labute approximate surface area is 108 Å². The van der Waals surface area contributed by atoms with Crippen LogP contribution in [-0.2, 0) is 4.79 Å². The summed E-state index contributed by atoms with van der Waals surface area (Å²) in [6.45, 7) is 5.58. The van der Waals surface area contributed by atoms with Gasteiger partial charge in [0.25, 0.3) is 0 Å². The molecule has 0 fully saturated rings. The number of hydrogen-bond acceptors (Lipinski definition) is 3. The van der Waals surface area contributed by atoms with Crippen molar-refractivity contribution in [3.05, 3.63) is 35.4 Å². The van der Waals surface area contributed by atoms with Crippen molar-refractivity contribution in [2.45, 2.75) is 32.4 Å². The van der Waals surface area contributed by atoms with Crippen LogP contribution in [-0.4, -0.2) is 18.5 Å². The maximum atomic E-state index is 12.0. The molecule has 1 rings (SSSR count). The minimum absolute atomic E-state index is 0.0538. The van der Waals surface area contributed by atoms with Crippen molar-refractivity contribution in [3.63, 3.8) is 0 Å². The van der Waals surface area contributed by atoms with Crippen LogP contribution in [0.1, 0.15) is 37.9 Å². The molecule has 0 aliphatic rings. The van der Waals surface area contributed by atoms with Gasteiger partial charge in [0.05, 0.1) is 23.2 Å². The Balaban J connectivity index is 2.74. The van der Waals surface area contributed by atoms with Gasteiger partial charge in [-0.2, -0.15) is 5.26 Å². The SMILES string of the molecule is CNC(C)(C)C(=O)NC(C)c1ccc(C#N)cc1. The number of nitrogens with zero attached hydrogens (tertiary/aromatic N) is 1. The molecule has 1 aromatic carbocycles. The average Bonchev–Trinajstić information content (AvgIpc) is 2.38. The highest BCUT2D eigenvalue weighted by molar-refractivity contribution is 5.85. The molecule has 1 aromatic rings. The van der Waals surface area contributed by atoms with Crippen LogP contribution in [0, 0.1) is 11.3 Å². The zero-order valence-electron chi connectivity index (χ0n) is 11.2. The molecule has 0 saturated carbocycles. The summed E-state index contributed by atoms with van der Waals surface area (Å²) in [5.74, 6) is -0.0538. The Morgan fingerprint density at radius 3 is 2.33 bits per heavy atom. The van der Waals surface area contributed by atoms with E-state index in [2.05, 4.69) is 16.7 Å². The molecule has 0 aromatic heterocycles. The molecule has 1 amide bonds. The standard InChI is InChI=1S/C14H19N3O/c1-10(17-13(18)14(2,3)16-4)12-7-5-11(9-15)6-8-12/h5-8,10,16H,1-4H3,(H,17,18). The number of likely N-dealkylation sites (N-methyl/N-ethyl adjacent to an activating group) is 1. The van der Waals surface area contributed by atoms with Gasteiger partial charge in [-0.3, -0.25) is 4.79 Å². The van der Waals surface area contributed by atoms with E-state index >= 15 is 0 Å². The van der Waals surface area contributed by atoms with Gasteiger partial charge in [0.2, 0.25) is 5.91 Å². The van der Waals surface area contributed by atoms with Crippen molar-refractivity contribution < 1.29 is 4.79 Å². The first kappa shape index (κ1) is 14.2. The van der Waals surface area contributed by atoms with Crippen LogP contribution in [0.5, 0.6) is 0 Å². The Morgan fingerprint density at radius 2 is 1.89 bits per heavy atom. The molecule has 0 radical (unpaired) electrons. The van der Waals surface area contributed by atoms with Gasteiger partial charge in [-0.25, -0.2) is 0 Å². The van der Waals surface area contributed by atoms with E-state index in [1.165, 1.54) is 0 Å². The molecule has 0 saturated heterocycles. The van der Waals surface area contributed by atoms with Gasteiger partial charge in [-0.15, -0.1) is 0 Å². The van der Waals surface area contributed by atoms with Crippen molar-refractivity contribution in [3.8, 4) is 6.07 Å². The van der Waals surface area contributed by atoms with Crippen LogP contribution in [0.4, 0.5) is 0 Å². The van der Waals surface area contributed by atoms with E-state index in [0.29, 0.717) is 5.56 Å².